The summed E-state index contributed by atoms with van der Waals surface area (Å²) < 4.78 is 5.93. The number of aliphatic hydroxyl groups excluding tert-OH is 1. The summed E-state index contributed by atoms with van der Waals surface area (Å²) in [4.78, 5) is 14.1. The van der Waals surface area contributed by atoms with Crippen molar-refractivity contribution < 1.29 is 14.6 Å². The first-order chi connectivity index (χ1) is 11.6. The first-order valence-electron chi connectivity index (χ1n) is 8.08. The van der Waals surface area contributed by atoms with Gasteiger partial charge >= 0.3 is 0 Å². The van der Waals surface area contributed by atoms with Crippen LogP contribution in [0.1, 0.15) is 24.5 Å². The monoisotopic (exact) mass is 345 g/mol. The molecule has 24 heavy (non-hydrogen) atoms. The zero-order valence-electron chi connectivity index (χ0n) is 13.3. The Morgan fingerprint density at radius 2 is 1.71 bits per heavy atom. The van der Waals surface area contributed by atoms with Gasteiger partial charge in [-0.2, -0.15) is 0 Å². The van der Waals surface area contributed by atoms with Gasteiger partial charge in [-0.3, -0.25) is 4.79 Å². The van der Waals surface area contributed by atoms with Gasteiger partial charge in [-0.05, 0) is 17.7 Å². The highest BCUT2D eigenvalue weighted by Gasteiger charge is 2.28. The molecule has 1 N–H and O–H groups in total. The number of likely N-dealkylation sites (tertiary alicyclic amines) is 1. The predicted octanol–water partition coefficient (Wildman–Crippen LogP) is 3.44. The molecule has 126 valence electrons. The number of halogens is 1. The van der Waals surface area contributed by atoms with E-state index in [0.29, 0.717) is 29.4 Å². The van der Waals surface area contributed by atoms with Crippen molar-refractivity contribution in [3.63, 3.8) is 0 Å². The molecule has 1 atom stereocenters. The lowest BCUT2D eigenvalue weighted by atomic mass is 10.0. The lowest BCUT2D eigenvalue weighted by Gasteiger charge is -2.33. The van der Waals surface area contributed by atoms with Crippen molar-refractivity contribution in [1.29, 1.82) is 0 Å². The second kappa shape index (κ2) is 7.69. The van der Waals surface area contributed by atoms with Gasteiger partial charge in [-0.15, -0.1) is 0 Å². The number of benzene rings is 2. The summed E-state index contributed by atoms with van der Waals surface area (Å²) in [6, 6.07) is 16.4. The van der Waals surface area contributed by atoms with Crippen molar-refractivity contribution in [2.45, 2.75) is 25.0 Å². The van der Waals surface area contributed by atoms with Crippen LogP contribution in [0.5, 0.6) is 5.75 Å². The van der Waals surface area contributed by atoms with Crippen LogP contribution in [0.3, 0.4) is 0 Å². The van der Waals surface area contributed by atoms with Gasteiger partial charge in [0.15, 0.2) is 6.10 Å². The highest BCUT2D eigenvalue weighted by molar-refractivity contribution is 6.32. The van der Waals surface area contributed by atoms with E-state index < -0.39 is 6.10 Å². The van der Waals surface area contributed by atoms with Crippen LogP contribution in [-0.2, 0) is 4.79 Å². The maximum Gasteiger partial charge on any atom is 0.256 e. The van der Waals surface area contributed by atoms with Crippen molar-refractivity contribution in [3.8, 4) is 5.75 Å². The molecule has 0 radical (unpaired) electrons. The number of ether oxygens (including phenoxy) is 1. The minimum atomic E-state index is -1.10. The molecule has 0 aliphatic carbocycles. The van der Waals surface area contributed by atoms with Crippen LogP contribution in [0.15, 0.2) is 54.6 Å². The molecule has 0 bridgehead atoms. The average Bonchev–Trinajstić information content (AvgIpc) is 2.64. The van der Waals surface area contributed by atoms with Crippen molar-refractivity contribution in [3.05, 3.63) is 65.2 Å². The largest absolute Gasteiger partial charge is 0.489 e. The van der Waals surface area contributed by atoms with Gasteiger partial charge in [0, 0.05) is 25.9 Å². The number of para-hydroxylation sites is 1. The number of hydrogen-bond acceptors (Lipinski definition) is 3. The van der Waals surface area contributed by atoms with Crippen LogP contribution >= 0.6 is 11.6 Å². The zero-order chi connectivity index (χ0) is 16.9. The van der Waals surface area contributed by atoms with Gasteiger partial charge in [-0.25, -0.2) is 0 Å². The van der Waals surface area contributed by atoms with E-state index in [2.05, 4.69) is 0 Å². The summed E-state index contributed by atoms with van der Waals surface area (Å²) in [6.45, 7) is 1.13. The Kier molecular flexibility index (Phi) is 5.38. The van der Waals surface area contributed by atoms with Crippen LogP contribution in [0, 0.1) is 0 Å². The quantitative estimate of drug-likeness (QED) is 0.923. The number of carbonyl (C=O) groups is 1. The standard InChI is InChI=1S/C19H20ClNO3/c20-16-8-4-5-9-17(16)24-15-10-12-21(13-11-15)19(23)18(22)14-6-2-1-3-7-14/h1-9,15,18,22H,10-13H2. The fourth-order valence-electron chi connectivity index (χ4n) is 2.86. The summed E-state index contributed by atoms with van der Waals surface area (Å²) in [5.74, 6) is 0.422. The Bertz CT molecular complexity index is 684. The normalized spacial score (nSPS) is 16.7. The molecule has 1 aliphatic rings. The molecule has 1 heterocycles. The van der Waals surface area contributed by atoms with Crippen LogP contribution < -0.4 is 4.74 Å². The van der Waals surface area contributed by atoms with Crippen LogP contribution in [0.2, 0.25) is 5.02 Å². The molecule has 1 amide bonds. The van der Waals surface area contributed by atoms with Crippen molar-refractivity contribution in [1.82, 2.24) is 4.90 Å². The van der Waals surface area contributed by atoms with E-state index in [1.165, 1.54) is 0 Å². The lowest BCUT2D eigenvalue weighted by molar-refractivity contribution is -0.142. The summed E-state index contributed by atoms with van der Waals surface area (Å²) in [7, 11) is 0. The summed E-state index contributed by atoms with van der Waals surface area (Å²) in [5.41, 5.74) is 0.622. The molecule has 4 nitrogen and oxygen atoms in total. The highest BCUT2D eigenvalue weighted by atomic mass is 35.5. The smallest absolute Gasteiger partial charge is 0.256 e. The minimum absolute atomic E-state index is 0.0304. The Balaban J connectivity index is 1.55. The molecule has 0 saturated carbocycles. The van der Waals surface area contributed by atoms with Gasteiger partial charge in [0.25, 0.3) is 5.91 Å². The van der Waals surface area contributed by atoms with Crippen LogP contribution in [0.4, 0.5) is 0 Å². The zero-order valence-corrected chi connectivity index (χ0v) is 14.0. The molecule has 2 aromatic carbocycles. The Hall–Kier alpha value is -2.04. The molecule has 0 spiro atoms. The third kappa shape index (κ3) is 3.89. The van der Waals surface area contributed by atoms with E-state index in [-0.39, 0.29) is 12.0 Å². The Morgan fingerprint density at radius 1 is 1.08 bits per heavy atom. The van der Waals surface area contributed by atoms with Crippen molar-refractivity contribution in [2.24, 2.45) is 0 Å². The summed E-state index contributed by atoms with van der Waals surface area (Å²) >= 11 is 6.11. The Morgan fingerprint density at radius 3 is 2.38 bits per heavy atom. The molecule has 1 fully saturated rings. The molecular formula is C19H20ClNO3. The minimum Gasteiger partial charge on any atom is -0.489 e. The Labute approximate surface area is 146 Å². The number of nitrogens with zero attached hydrogens (tertiary/aromatic N) is 1. The fourth-order valence-corrected chi connectivity index (χ4v) is 3.05. The highest BCUT2D eigenvalue weighted by Crippen LogP contribution is 2.27. The number of piperidine rings is 1. The SMILES string of the molecule is O=C(C(O)c1ccccc1)N1CCC(Oc2ccccc2Cl)CC1. The van der Waals surface area contributed by atoms with Crippen molar-refractivity contribution in [2.75, 3.05) is 13.1 Å². The second-order valence-corrected chi connectivity index (χ2v) is 6.29. The molecule has 2 aromatic rings. The van der Waals surface area contributed by atoms with E-state index >= 15 is 0 Å². The summed E-state index contributed by atoms with van der Waals surface area (Å²) in [6.07, 6.45) is 0.367. The van der Waals surface area contributed by atoms with Crippen molar-refractivity contribution >= 4 is 17.5 Å². The van der Waals surface area contributed by atoms with E-state index in [9.17, 15) is 9.90 Å². The van der Waals surface area contributed by atoms with E-state index in [1.807, 2.05) is 36.4 Å². The number of rotatable bonds is 4. The lowest BCUT2D eigenvalue weighted by Crippen LogP contribution is -2.43. The van der Waals surface area contributed by atoms with E-state index in [4.69, 9.17) is 16.3 Å². The van der Waals surface area contributed by atoms with E-state index in [1.54, 1.807) is 23.1 Å². The molecule has 5 heteroatoms. The van der Waals surface area contributed by atoms with Gasteiger partial charge in [0.2, 0.25) is 0 Å². The second-order valence-electron chi connectivity index (χ2n) is 5.89. The molecule has 1 unspecified atom stereocenters. The molecular weight excluding hydrogens is 326 g/mol. The van der Waals surface area contributed by atoms with Gasteiger partial charge in [0.05, 0.1) is 5.02 Å². The third-order valence-electron chi connectivity index (χ3n) is 4.23. The predicted molar refractivity (Wildman–Crippen MR) is 93.1 cm³/mol. The number of hydrogen-bond donors (Lipinski definition) is 1. The first kappa shape index (κ1) is 16.8. The molecule has 1 saturated heterocycles. The topological polar surface area (TPSA) is 49.8 Å². The number of amides is 1. The average molecular weight is 346 g/mol. The third-order valence-corrected chi connectivity index (χ3v) is 4.55. The fraction of sp³-hybridized carbons (Fsp3) is 0.316. The van der Waals surface area contributed by atoms with Crippen LogP contribution in [0.25, 0.3) is 0 Å². The maximum absolute atomic E-state index is 12.4. The van der Waals surface area contributed by atoms with Gasteiger partial charge < -0.3 is 14.7 Å². The molecule has 1 aliphatic heterocycles. The first-order valence-corrected chi connectivity index (χ1v) is 8.46. The molecule has 0 aromatic heterocycles. The van der Waals surface area contributed by atoms with Gasteiger partial charge in [-0.1, -0.05) is 54.1 Å². The maximum atomic E-state index is 12.4. The number of carbonyl (C=O) groups excluding carboxylic acids is 1. The van der Waals surface area contributed by atoms with E-state index in [0.717, 1.165) is 12.8 Å². The molecule has 3 rings (SSSR count). The number of aliphatic hydroxyl groups is 1. The summed E-state index contributed by atoms with van der Waals surface area (Å²) in [5, 5.41) is 10.8. The van der Waals surface area contributed by atoms with Crippen LogP contribution in [-0.4, -0.2) is 35.1 Å². The van der Waals surface area contributed by atoms with Gasteiger partial charge in [0.1, 0.15) is 11.9 Å².